The summed E-state index contributed by atoms with van der Waals surface area (Å²) < 4.78 is 50.2. The van der Waals surface area contributed by atoms with Gasteiger partial charge >= 0.3 is 0 Å². The van der Waals surface area contributed by atoms with Crippen molar-refractivity contribution in [2.24, 2.45) is 20.5 Å². The molecule has 5 N–H and O–H groups in total. The van der Waals surface area contributed by atoms with E-state index >= 15 is 0 Å². The maximum absolute atomic E-state index is 12.1. The van der Waals surface area contributed by atoms with E-state index in [1.807, 2.05) is 0 Å². The second kappa shape index (κ2) is 12.2. The number of methoxy groups -OCH3 is 2. The summed E-state index contributed by atoms with van der Waals surface area (Å²) in [6, 6.07) is 13.7. The summed E-state index contributed by atoms with van der Waals surface area (Å²) in [7, 11) is -1.90. The first-order valence-electron chi connectivity index (χ1n) is 12.0. The van der Waals surface area contributed by atoms with Gasteiger partial charge in [-0.2, -0.15) is 13.5 Å². The molecular formula is C27H27N5O8S. The molecule has 0 aliphatic heterocycles. The Hall–Kier alpha value is -4.79. The molecule has 214 valence electrons. The van der Waals surface area contributed by atoms with E-state index in [2.05, 4.69) is 20.5 Å². The molecule has 13 nitrogen and oxygen atoms in total. The van der Waals surface area contributed by atoms with Gasteiger partial charge in [0.25, 0.3) is 10.1 Å². The Kier molecular flexibility index (Phi) is 8.66. The van der Waals surface area contributed by atoms with Crippen molar-refractivity contribution in [3.8, 4) is 23.0 Å². The minimum absolute atomic E-state index is 0.124. The monoisotopic (exact) mass is 581 g/mol. The smallest absolute Gasteiger partial charge is 0.296 e. The van der Waals surface area contributed by atoms with E-state index in [1.54, 1.807) is 37.3 Å². The molecule has 4 aromatic rings. The molecule has 0 spiro atoms. The predicted molar refractivity (Wildman–Crippen MR) is 151 cm³/mol. The molecule has 0 aliphatic carbocycles. The average molecular weight is 582 g/mol. The van der Waals surface area contributed by atoms with Crippen molar-refractivity contribution in [3.05, 3.63) is 60.2 Å². The Bertz CT molecular complexity index is 1770. The number of anilines is 1. The molecule has 0 saturated carbocycles. The Morgan fingerprint density at radius 1 is 0.854 bits per heavy atom. The quantitative estimate of drug-likeness (QED) is 0.0999. The number of fused-ring (bicyclic) bond motifs is 1. The van der Waals surface area contributed by atoms with E-state index in [4.69, 9.17) is 25.1 Å². The normalized spacial score (nSPS) is 11.9. The molecule has 0 heterocycles. The number of nitrogens with zero attached hydrogens (tertiary/aromatic N) is 4. The number of hydrogen-bond donors (Lipinski definition) is 4. The van der Waals surface area contributed by atoms with Crippen molar-refractivity contribution in [2.75, 3.05) is 33.2 Å². The lowest BCUT2D eigenvalue weighted by molar-refractivity contribution is 0.201. The van der Waals surface area contributed by atoms with Crippen molar-refractivity contribution in [1.29, 1.82) is 0 Å². The van der Waals surface area contributed by atoms with Crippen molar-refractivity contribution >= 4 is 49.3 Å². The van der Waals surface area contributed by atoms with Gasteiger partial charge in [-0.1, -0.05) is 0 Å². The largest absolute Gasteiger partial charge is 0.505 e. The Morgan fingerprint density at radius 2 is 1.54 bits per heavy atom. The highest BCUT2D eigenvalue weighted by Gasteiger charge is 2.22. The zero-order valence-corrected chi connectivity index (χ0v) is 23.1. The summed E-state index contributed by atoms with van der Waals surface area (Å²) in [6.45, 7) is 1.76. The van der Waals surface area contributed by atoms with E-state index in [-0.39, 0.29) is 30.0 Å². The van der Waals surface area contributed by atoms with Crippen LogP contribution in [0.25, 0.3) is 10.8 Å². The van der Waals surface area contributed by atoms with Crippen LogP contribution >= 0.6 is 0 Å². The number of rotatable bonds is 10. The van der Waals surface area contributed by atoms with Gasteiger partial charge in [0.1, 0.15) is 45.8 Å². The maximum atomic E-state index is 12.1. The second-order valence-electron chi connectivity index (χ2n) is 8.64. The first kappa shape index (κ1) is 29.2. The minimum Gasteiger partial charge on any atom is -0.505 e. The predicted octanol–water partition coefficient (Wildman–Crippen LogP) is 5.90. The highest BCUT2D eigenvalue weighted by molar-refractivity contribution is 7.86. The molecule has 0 saturated heterocycles. The summed E-state index contributed by atoms with van der Waals surface area (Å²) in [6.07, 6.45) is 0. The zero-order chi connectivity index (χ0) is 29.7. The molecule has 0 aromatic heterocycles. The topological polar surface area (TPSA) is 198 Å². The number of nitrogens with two attached hydrogens (primary N) is 1. The summed E-state index contributed by atoms with van der Waals surface area (Å²) in [5.74, 6) is 0.643. The molecular weight excluding hydrogens is 554 g/mol. The lowest BCUT2D eigenvalue weighted by Gasteiger charge is -2.10. The highest BCUT2D eigenvalue weighted by atomic mass is 32.2. The maximum Gasteiger partial charge on any atom is 0.296 e. The van der Waals surface area contributed by atoms with Gasteiger partial charge in [-0.05, 0) is 60.3 Å². The summed E-state index contributed by atoms with van der Waals surface area (Å²) in [5.41, 5.74) is 7.35. The van der Waals surface area contributed by atoms with Crippen LogP contribution in [-0.2, 0) is 10.1 Å². The molecule has 0 aliphatic rings. The first-order valence-corrected chi connectivity index (χ1v) is 13.5. The summed E-state index contributed by atoms with van der Waals surface area (Å²) in [5, 5.41) is 36.9. The van der Waals surface area contributed by atoms with Crippen LogP contribution in [0.3, 0.4) is 0 Å². The van der Waals surface area contributed by atoms with Crippen LogP contribution < -0.4 is 19.9 Å². The van der Waals surface area contributed by atoms with Crippen LogP contribution in [0.2, 0.25) is 0 Å². The van der Waals surface area contributed by atoms with E-state index in [9.17, 15) is 18.1 Å². The number of aliphatic hydroxyl groups is 1. The average Bonchev–Trinajstić information content (AvgIpc) is 2.94. The van der Waals surface area contributed by atoms with Gasteiger partial charge in [0.2, 0.25) is 0 Å². The zero-order valence-electron chi connectivity index (χ0n) is 22.3. The fraction of sp³-hybridized carbons (Fsp3) is 0.185. The number of nitrogen functional groups attached to an aromatic ring is 1. The minimum atomic E-state index is -4.78. The molecule has 0 bridgehead atoms. The number of hydrogen-bond acceptors (Lipinski definition) is 12. The summed E-state index contributed by atoms with van der Waals surface area (Å²) >= 11 is 0. The SMILES string of the molecule is COc1cc(OCCO)ccc1N=Nc1cc(OC)c(N=Nc2c(S(=O)(=O)O)cc3cc(N)ccc3c2O)cc1C. The van der Waals surface area contributed by atoms with Crippen LogP contribution in [0.15, 0.2) is 79.9 Å². The van der Waals surface area contributed by atoms with Gasteiger partial charge in [0.15, 0.2) is 5.75 Å². The van der Waals surface area contributed by atoms with Crippen molar-refractivity contribution in [1.82, 2.24) is 0 Å². The first-order chi connectivity index (χ1) is 19.5. The van der Waals surface area contributed by atoms with Crippen molar-refractivity contribution in [2.45, 2.75) is 11.8 Å². The van der Waals surface area contributed by atoms with E-state index in [0.717, 1.165) is 6.07 Å². The standard InChI is InChI=1S/C27H27N5O8S/c1-15-10-22(31-32-26-25(41(35,36)37)12-16-11-17(28)4-6-19(16)27(26)34)24(39-3)14-21(15)30-29-20-7-5-18(40-9-8-33)13-23(20)38-2/h4-7,10-14,33-34H,8-9,28H2,1-3H3,(H,35,36,37). The second-order valence-corrected chi connectivity index (χ2v) is 10.0. The molecule has 0 amide bonds. The fourth-order valence-electron chi connectivity index (χ4n) is 3.88. The van der Waals surface area contributed by atoms with E-state index < -0.39 is 26.5 Å². The number of aryl methyl sites for hydroxylation is 1. The molecule has 14 heteroatoms. The molecule has 0 radical (unpaired) electrons. The number of benzene rings is 4. The third-order valence-electron chi connectivity index (χ3n) is 5.88. The van der Waals surface area contributed by atoms with Gasteiger partial charge in [-0.15, -0.1) is 15.3 Å². The van der Waals surface area contributed by atoms with Crippen LogP contribution in [0.1, 0.15) is 5.56 Å². The van der Waals surface area contributed by atoms with Gasteiger partial charge in [0.05, 0.1) is 26.5 Å². The number of phenols is 1. The molecule has 4 aromatic carbocycles. The summed E-state index contributed by atoms with van der Waals surface area (Å²) in [4.78, 5) is -0.639. The fourth-order valence-corrected chi connectivity index (χ4v) is 4.54. The Balaban J connectivity index is 1.71. The number of azo groups is 2. The molecule has 0 fully saturated rings. The third-order valence-corrected chi connectivity index (χ3v) is 6.75. The van der Waals surface area contributed by atoms with Crippen LogP contribution in [0, 0.1) is 6.92 Å². The molecule has 4 rings (SSSR count). The number of aromatic hydroxyl groups is 1. The Morgan fingerprint density at radius 3 is 2.22 bits per heavy atom. The van der Waals surface area contributed by atoms with Gasteiger partial charge < -0.3 is 30.2 Å². The highest BCUT2D eigenvalue weighted by Crippen LogP contribution is 2.43. The van der Waals surface area contributed by atoms with Crippen LogP contribution in [-0.4, -0.2) is 50.6 Å². The Labute approximate surface area is 235 Å². The van der Waals surface area contributed by atoms with E-state index in [0.29, 0.717) is 39.5 Å². The third kappa shape index (κ3) is 6.51. The van der Waals surface area contributed by atoms with Crippen molar-refractivity contribution < 1.29 is 37.4 Å². The van der Waals surface area contributed by atoms with Gasteiger partial charge in [0, 0.05) is 23.2 Å². The van der Waals surface area contributed by atoms with Gasteiger partial charge in [-0.25, -0.2) is 0 Å². The lowest BCUT2D eigenvalue weighted by atomic mass is 10.1. The molecule has 0 unspecified atom stereocenters. The van der Waals surface area contributed by atoms with Crippen molar-refractivity contribution in [3.63, 3.8) is 0 Å². The van der Waals surface area contributed by atoms with Crippen LogP contribution in [0.5, 0.6) is 23.0 Å². The van der Waals surface area contributed by atoms with Crippen LogP contribution in [0.4, 0.5) is 28.4 Å². The van der Waals surface area contributed by atoms with E-state index in [1.165, 1.54) is 32.4 Å². The number of ether oxygens (including phenoxy) is 3. The number of aliphatic hydroxyl groups excluding tert-OH is 1. The molecule has 41 heavy (non-hydrogen) atoms. The number of phenolic OH excluding ortho intramolecular Hbond substituents is 1. The lowest BCUT2D eigenvalue weighted by Crippen LogP contribution is -2.01. The molecule has 0 atom stereocenters. The van der Waals surface area contributed by atoms with Gasteiger partial charge in [-0.3, -0.25) is 4.55 Å².